The molecule has 2 aliphatic carbocycles. The molecule has 56 heavy (non-hydrogen) atoms. The van der Waals surface area contributed by atoms with Crippen LogP contribution in [-0.2, 0) is 42.9 Å². The minimum absolute atomic E-state index is 0. The third-order valence-electron chi connectivity index (χ3n) is 11.4. The van der Waals surface area contributed by atoms with Gasteiger partial charge < -0.3 is 24.8 Å². The average molecular weight is 949 g/mol. The summed E-state index contributed by atoms with van der Waals surface area (Å²) < 4.78 is 3.06. The van der Waals surface area contributed by atoms with Gasteiger partial charge in [-0.25, -0.2) is 0 Å². The molecule has 0 fully saturated rings. The summed E-state index contributed by atoms with van der Waals surface area (Å²) in [6, 6.07) is 18.4. The summed E-state index contributed by atoms with van der Waals surface area (Å²) in [5.74, 6) is 0. The molecule has 298 valence electrons. The van der Waals surface area contributed by atoms with Gasteiger partial charge in [-0.2, -0.15) is 0 Å². The van der Waals surface area contributed by atoms with Crippen molar-refractivity contribution in [3.63, 3.8) is 0 Å². The van der Waals surface area contributed by atoms with Crippen LogP contribution in [0, 0.1) is 13.8 Å². The minimum atomic E-state index is -3.22. The molecule has 0 aromatic heterocycles. The average Bonchev–Trinajstić information content (AvgIpc) is 3.67. The molecule has 2 aliphatic rings. The van der Waals surface area contributed by atoms with Crippen molar-refractivity contribution in [3.05, 3.63) is 146 Å². The molecule has 0 N–H and O–H groups in total. The molecule has 0 spiro atoms. The summed E-state index contributed by atoms with van der Waals surface area (Å²) >= 11 is 24.8. The fourth-order valence-electron chi connectivity index (χ4n) is 8.52. The van der Waals surface area contributed by atoms with E-state index < -0.39 is 21.3 Å². The topological polar surface area (TPSA) is 0 Å². The number of allylic oxidation sites excluding steroid dienone is 4. The first kappa shape index (κ1) is 47.5. The zero-order valence-electron chi connectivity index (χ0n) is 35.4. The van der Waals surface area contributed by atoms with Gasteiger partial charge in [0.2, 0.25) is 0 Å². The molecule has 0 nitrogen and oxygen atoms in total. The second kappa shape index (κ2) is 16.7. The van der Waals surface area contributed by atoms with E-state index in [-0.39, 0.29) is 50.1 Å². The van der Waals surface area contributed by atoms with E-state index >= 15 is 0 Å². The maximum atomic E-state index is 7.05. The SMILES string of the molecule is Cc1c(Cl)cc(Cl)cc1[C](c1cc(Cl)cc(Cl)c1C)=[Zr+2]([C]1=CC=CC1)[CH]1c2cc(C(C)(C)C)c(C(C)(C)C)cc2-c2cc(C(C)(C)C)c(C(C)(C)C)cc21.[Cl-].[Cl-]. The van der Waals surface area contributed by atoms with Crippen molar-refractivity contribution in [1.29, 1.82) is 0 Å². The van der Waals surface area contributed by atoms with E-state index in [2.05, 4.69) is 152 Å². The maximum absolute atomic E-state index is 7.05. The first-order valence-electron chi connectivity index (χ1n) is 19.2. The normalized spacial score (nSPS) is 14.1. The van der Waals surface area contributed by atoms with E-state index in [9.17, 15) is 0 Å². The molecule has 6 rings (SSSR count). The summed E-state index contributed by atoms with van der Waals surface area (Å²) in [6.07, 6.45) is 7.93. The molecule has 4 aromatic carbocycles. The van der Waals surface area contributed by atoms with Gasteiger partial charge in [-0.1, -0.05) is 0 Å². The molecular formula is C49H56Cl6Zr. The Bertz CT molecular complexity index is 2150. The fraction of sp³-hybridized carbons (Fsp3) is 0.408. The van der Waals surface area contributed by atoms with Gasteiger partial charge in [0.15, 0.2) is 0 Å². The summed E-state index contributed by atoms with van der Waals surface area (Å²) in [5, 5.41) is 2.60. The number of benzene rings is 4. The molecule has 0 atom stereocenters. The van der Waals surface area contributed by atoms with Crippen molar-refractivity contribution >= 4 is 49.6 Å². The monoisotopic (exact) mass is 944 g/mol. The third-order valence-corrected chi connectivity index (χ3v) is 20.8. The Balaban J connectivity index is 0.00000348. The molecule has 0 unspecified atom stereocenters. The smallest absolute Gasteiger partial charge is 1.00 e. The van der Waals surface area contributed by atoms with Crippen LogP contribution in [0.3, 0.4) is 0 Å². The molecule has 0 amide bonds. The van der Waals surface area contributed by atoms with Crippen molar-refractivity contribution in [2.24, 2.45) is 0 Å². The van der Waals surface area contributed by atoms with Crippen LogP contribution >= 0.6 is 46.4 Å². The summed E-state index contributed by atoms with van der Waals surface area (Å²) in [6.45, 7) is 32.6. The summed E-state index contributed by atoms with van der Waals surface area (Å²) in [5.41, 5.74) is 15.4. The maximum Gasteiger partial charge on any atom is -1.00 e. The van der Waals surface area contributed by atoms with Crippen LogP contribution in [0.25, 0.3) is 11.1 Å². The van der Waals surface area contributed by atoms with E-state index in [1.807, 2.05) is 12.1 Å². The molecule has 0 saturated heterocycles. The van der Waals surface area contributed by atoms with Gasteiger partial charge in [0.05, 0.1) is 0 Å². The van der Waals surface area contributed by atoms with Crippen LogP contribution in [0.15, 0.2) is 70.0 Å². The Labute approximate surface area is 377 Å². The molecular weight excluding hydrogens is 892 g/mol. The van der Waals surface area contributed by atoms with Crippen LogP contribution in [0.2, 0.25) is 20.1 Å². The minimum Gasteiger partial charge on any atom is -1.00 e. The number of fused-ring (bicyclic) bond motifs is 3. The number of halogens is 6. The predicted molar refractivity (Wildman–Crippen MR) is 236 cm³/mol. The van der Waals surface area contributed by atoms with E-state index in [1.165, 1.54) is 51.0 Å². The molecule has 7 heteroatoms. The molecule has 4 aromatic rings. The molecule has 0 heterocycles. The van der Waals surface area contributed by atoms with E-state index in [0.29, 0.717) is 20.1 Å². The van der Waals surface area contributed by atoms with Crippen LogP contribution in [0.1, 0.15) is 149 Å². The molecule has 0 saturated carbocycles. The van der Waals surface area contributed by atoms with Gasteiger partial charge in [0.1, 0.15) is 0 Å². The summed E-state index contributed by atoms with van der Waals surface area (Å²) in [7, 11) is 0. The van der Waals surface area contributed by atoms with Crippen molar-refractivity contribution in [2.45, 2.75) is 129 Å². The van der Waals surface area contributed by atoms with E-state index in [1.54, 1.807) is 0 Å². The number of hydrogen-bond donors (Lipinski definition) is 0. The first-order valence-corrected chi connectivity index (χ1v) is 24.6. The second-order valence-corrected chi connectivity index (χ2v) is 27.6. The quantitative estimate of drug-likeness (QED) is 0.191. The first-order chi connectivity index (χ1) is 24.8. The number of hydrogen-bond acceptors (Lipinski definition) is 0. The number of rotatable bonds is 4. The van der Waals surface area contributed by atoms with Crippen molar-refractivity contribution < 1.29 is 46.1 Å². The van der Waals surface area contributed by atoms with Gasteiger partial charge >= 0.3 is 356 Å². The molecule has 0 bridgehead atoms. The van der Waals surface area contributed by atoms with Crippen LogP contribution in [0.5, 0.6) is 0 Å². The van der Waals surface area contributed by atoms with Crippen molar-refractivity contribution in [1.82, 2.24) is 0 Å². The third kappa shape index (κ3) is 8.97. The Kier molecular flexibility index (Phi) is 14.2. The van der Waals surface area contributed by atoms with Gasteiger partial charge in [0, 0.05) is 0 Å². The van der Waals surface area contributed by atoms with E-state index in [0.717, 1.165) is 28.7 Å². The zero-order valence-corrected chi connectivity index (χ0v) is 42.4. The largest absolute Gasteiger partial charge is 1.00 e. The Morgan fingerprint density at radius 3 is 1.21 bits per heavy atom. The predicted octanol–water partition coefficient (Wildman–Crippen LogP) is 9.92. The van der Waals surface area contributed by atoms with E-state index in [4.69, 9.17) is 46.4 Å². The van der Waals surface area contributed by atoms with Crippen LogP contribution in [0.4, 0.5) is 0 Å². The molecule has 0 aliphatic heterocycles. The second-order valence-electron chi connectivity index (χ2n) is 19.6. The Morgan fingerprint density at radius 2 is 0.893 bits per heavy atom. The van der Waals surface area contributed by atoms with Crippen LogP contribution < -0.4 is 24.8 Å². The van der Waals surface area contributed by atoms with Gasteiger partial charge in [0.25, 0.3) is 0 Å². The standard InChI is InChI=1S/C29H41.C15H10Cl4.C5H5.2ClH.Zr/c1-26(2,3)22-14-18-13-19-15-23(27(4,5)6)25(29(10,11)12)17-21(19)20(18)16-24(22)28(7,8)9;1-8-10(4-12(16)6-14(8)18)3-11-5-13(17)7-15(19)9(11)2;1-2-4-5-3-1;;;/h13-17H,1-12H3;4-7H,1-2H3;1-3H,4H2;2*1H;/q;;;;;+2/p-2. The Hall–Kier alpha value is -1.15. The van der Waals surface area contributed by atoms with Gasteiger partial charge in [-0.3, -0.25) is 0 Å². The van der Waals surface area contributed by atoms with Crippen molar-refractivity contribution in [3.8, 4) is 11.1 Å². The fourth-order valence-corrected chi connectivity index (χ4v) is 18.8. The summed E-state index contributed by atoms with van der Waals surface area (Å²) in [4.78, 5) is 0. The Morgan fingerprint density at radius 1 is 0.536 bits per heavy atom. The van der Waals surface area contributed by atoms with Crippen molar-refractivity contribution in [2.75, 3.05) is 0 Å². The van der Waals surface area contributed by atoms with Gasteiger partial charge in [-0.15, -0.1) is 0 Å². The van der Waals surface area contributed by atoms with Gasteiger partial charge in [-0.05, 0) is 0 Å². The molecule has 0 radical (unpaired) electrons. The zero-order chi connectivity index (χ0) is 40.0. The van der Waals surface area contributed by atoms with Crippen LogP contribution in [-0.4, -0.2) is 3.21 Å².